The van der Waals surface area contributed by atoms with Crippen LogP contribution in [-0.4, -0.2) is 44.7 Å². The Morgan fingerprint density at radius 2 is 1.76 bits per heavy atom. The third-order valence-electron chi connectivity index (χ3n) is 10.3. The number of aliphatic hydroxyl groups excluding tert-OH is 3. The summed E-state index contributed by atoms with van der Waals surface area (Å²) in [5.41, 5.74) is -0.143. The molecule has 0 unspecified atom stereocenters. The van der Waals surface area contributed by atoms with Crippen LogP contribution in [-0.2, 0) is 4.79 Å². The van der Waals surface area contributed by atoms with Gasteiger partial charge in [0.15, 0.2) is 0 Å². The second-order valence-corrected chi connectivity index (χ2v) is 11.4. The van der Waals surface area contributed by atoms with Crippen LogP contribution in [0.4, 0.5) is 0 Å². The lowest BCUT2D eigenvalue weighted by atomic mass is 9.43. The Bertz CT molecular complexity index is 637. The molecule has 0 heterocycles. The number of carboxylic acids is 1. The van der Waals surface area contributed by atoms with Crippen LogP contribution in [0.3, 0.4) is 0 Å². The highest BCUT2D eigenvalue weighted by Gasteiger charge is 2.65. The summed E-state index contributed by atoms with van der Waals surface area (Å²) in [5, 5.41) is 42.0. The molecule has 0 bridgehead atoms. The van der Waals surface area contributed by atoms with Crippen LogP contribution < -0.4 is 0 Å². The van der Waals surface area contributed by atoms with Crippen molar-refractivity contribution >= 4 is 5.97 Å². The summed E-state index contributed by atoms with van der Waals surface area (Å²) in [7, 11) is 0. The summed E-state index contributed by atoms with van der Waals surface area (Å²) in [6.45, 7) is 6.72. The van der Waals surface area contributed by atoms with E-state index in [1.54, 1.807) is 0 Å². The molecule has 4 saturated carbocycles. The first-order valence-electron chi connectivity index (χ1n) is 11.8. The Morgan fingerprint density at radius 1 is 1.03 bits per heavy atom. The van der Waals surface area contributed by atoms with E-state index in [1.807, 2.05) is 0 Å². The van der Waals surface area contributed by atoms with Crippen LogP contribution in [0.5, 0.6) is 0 Å². The molecule has 0 aromatic heterocycles. The first kappa shape index (κ1) is 21.6. The van der Waals surface area contributed by atoms with E-state index < -0.39 is 12.1 Å². The van der Waals surface area contributed by atoms with E-state index in [4.69, 9.17) is 5.11 Å². The van der Waals surface area contributed by atoms with Gasteiger partial charge in [-0.1, -0.05) is 20.8 Å². The summed E-state index contributed by atoms with van der Waals surface area (Å²) in [6, 6.07) is 0. The Labute approximate surface area is 174 Å². The Hall–Kier alpha value is -0.650. The highest BCUT2D eigenvalue weighted by Crippen LogP contribution is 2.68. The number of aliphatic carboxylic acids is 1. The maximum absolute atomic E-state index is 11.5. The highest BCUT2D eigenvalue weighted by molar-refractivity contribution is 5.66. The predicted molar refractivity (Wildman–Crippen MR) is 110 cm³/mol. The second-order valence-electron chi connectivity index (χ2n) is 11.4. The number of hydrogen-bond acceptors (Lipinski definition) is 4. The molecule has 4 aliphatic carbocycles. The van der Waals surface area contributed by atoms with Crippen molar-refractivity contribution in [1.82, 2.24) is 0 Å². The minimum atomic E-state index is -0.748. The van der Waals surface area contributed by atoms with Crippen LogP contribution in [0.2, 0.25) is 0 Å². The van der Waals surface area contributed by atoms with E-state index in [1.165, 1.54) is 0 Å². The van der Waals surface area contributed by atoms with Gasteiger partial charge < -0.3 is 20.4 Å². The third-order valence-corrected chi connectivity index (χ3v) is 10.3. The molecule has 4 fully saturated rings. The van der Waals surface area contributed by atoms with E-state index in [2.05, 4.69) is 20.8 Å². The van der Waals surface area contributed by atoms with Crippen LogP contribution >= 0.6 is 0 Å². The predicted octanol–water partition coefficient (Wildman–Crippen LogP) is 3.45. The number of fused-ring (bicyclic) bond motifs is 5. The first-order valence-corrected chi connectivity index (χ1v) is 11.8. The molecular weight excluding hydrogens is 368 g/mol. The molecular formula is C24H40O5. The summed E-state index contributed by atoms with van der Waals surface area (Å²) in [4.78, 5) is 11.1. The summed E-state index contributed by atoms with van der Waals surface area (Å²) in [5.74, 6) is 0.997. The van der Waals surface area contributed by atoms with Gasteiger partial charge in [-0.25, -0.2) is 0 Å². The molecule has 5 nitrogen and oxygen atoms in total. The van der Waals surface area contributed by atoms with Crippen molar-refractivity contribution in [3.8, 4) is 0 Å². The van der Waals surface area contributed by atoms with E-state index >= 15 is 0 Å². The van der Waals surface area contributed by atoms with Gasteiger partial charge in [0.25, 0.3) is 0 Å². The lowest BCUT2D eigenvalue weighted by Gasteiger charge is -2.63. The molecule has 0 radical (unpaired) electrons. The molecule has 4 aliphatic rings. The number of carboxylic acid groups (broad SMARTS) is 1. The maximum Gasteiger partial charge on any atom is 0.303 e. The topological polar surface area (TPSA) is 98.0 Å². The van der Waals surface area contributed by atoms with Gasteiger partial charge in [0.05, 0.1) is 18.3 Å². The van der Waals surface area contributed by atoms with Crippen LogP contribution in [0, 0.1) is 46.3 Å². The number of hydrogen-bond donors (Lipinski definition) is 4. The van der Waals surface area contributed by atoms with Crippen molar-refractivity contribution in [1.29, 1.82) is 0 Å². The highest BCUT2D eigenvalue weighted by atomic mass is 16.4. The average molecular weight is 409 g/mol. The SMILES string of the molecule is C[C@H](CCC(=O)O)[C@H]1CC[C@H]2[C@@H]3[C@@H](C[C@H](O)[C@]12C)[C@@]1(C)CC[C@H](O)C[C@H]1C[C@@H]3O. The third kappa shape index (κ3) is 3.27. The molecule has 5 heteroatoms. The minimum Gasteiger partial charge on any atom is -0.481 e. The Kier molecular flexibility index (Phi) is 5.57. The molecule has 166 valence electrons. The van der Waals surface area contributed by atoms with Crippen LogP contribution in [0.25, 0.3) is 0 Å². The van der Waals surface area contributed by atoms with Gasteiger partial charge in [-0.15, -0.1) is 0 Å². The van der Waals surface area contributed by atoms with Gasteiger partial charge in [-0.2, -0.15) is 0 Å². The minimum absolute atomic E-state index is 0.0957. The van der Waals surface area contributed by atoms with Crippen molar-refractivity contribution in [2.75, 3.05) is 0 Å². The maximum atomic E-state index is 11.5. The fourth-order valence-corrected chi connectivity index (χ4v) is 8.68. The molecule has 0 saturated heterocycles. The molecule has 0 spiro atoms. The van der Waals surface area contributed by atoms with Crippen molar-refractivity contribution in [2.45, 2.75) is 96.9 Å². The Morgan fingerprint density at radius 3 is 2.45 bits per heavy atom. The fourth-order valence-electron chi connectivity index (χ4n) is 8.68. The van der Waals surface area contributed by atoms with E-state index in [-0.39, 0.29) is 41.3 Å². The summed E-state index contributed by atoms with van der Waals surface area (Å²) < 4.78 is 0. The second kappa shape index (κ2) is 7.49. The molecule has 0 aromatic rings. The van der Waals surface area contributed by atoms with Gasteiger partial charge in [-0.3, -0.25) is 4.79 Å². The first-order chi connectivity index (χ1) is 13.6. The molecule has 11 atom stereocenters. The zero-order valence-corrected chi connectivity index (χ0v) is 18.3. The quantitative estimate of drug-likeness (QED) is 0.571. The Balaban J connectivity index is 1.61. The number of carbonyl (C=O) groups is 1. The van der Waals surface area contributed by atoms with Crippen molar-refractivity contribution < 1.29 is 25.2 Å². The standard InChI is InChI=1S/C24H40O5/c1-13(4-7-21(28)29)16-5-6-17-22-18(12-20(27)24(16,17)3)23(2)9-8-15(25)10-14(23)11-19(22)26/h13-20,22,25-27H,4-12H2,1-3H3,(H,28,29)/t13-,14+,15+,16-,17+,18-,19+,20+,22-,23+,24-/m1/s1. The normalized spacial score (nSPS) is 52.9. The molecule has 4 rings (SSSR count). The van der Waals surface area contributed by atoms with Crippen molar-refractivity contribution in [3.63, 3.8) is 0 Å². The molecule has 0 amide bonds. The van der Waals surface area contributed by atoms with E-state index in [0.717, 1.165) is 44.9 Å². The molecule has 29 heavy (non-hydrogen) atoms. The van der Waals surface area contributed by atoms with Gasteiger partial charge in [0.1, 0.15) is 0 Å². The summed E-state index contributed by atoms with van der Waals surface area (Å²) >= 11 is 0. The van der Waals surface area contributed by atoms with Gasteiger partial charge >= 0.3 is 5.97 Å². The van der Waals surface area contributed by atoms with E-state index in [9.17, 15) is 20.1 Å². The van der Waals surface area contributed by atoms with Crippen LogP contribution in [0.1, 0.15) is 78.6 Å². The van der Waals surface area contributed by atoms with Gasteiger partial charge in [0, 0.05) is 6.42 Å². The molecule has 4 N–H and O–H groups in total. The molecule has 0 aliphatic heterocycles. The van der Waals surface area contributed by atoms with E-state index in [0.29, 0.717) is 30.1 Å². The lowest BCUT2D eigenvalue weighted by Crippen LogP contribution is -2.62. The lowest BCUT2D eigenvalue weighted by molar-refractivity contribution is -0.207. The zero-order chi connectivity index (χ0) is 21.1. The smallest absolute Gasteiger partial charge is 0.303 e. The van der Waals surface area contributed by atoms with Gasteiger partial charge in [-0.05, 0) is 97.7 Å². The van der Waals surface area contributed by atoms with Crippen molar-refractivity contribution in [3.05, 3.63) is 0 Å². The van der Waals surface area contributed by atoms with Gasteiger partial charge in [0.2, 0.25) is 0 Å². The monoisotopic (exact) mass is 408 g/mol. The van der Waals surface area contributed by atoms with Crippen LogP contribution in [0.15, 0.2) is 0 Å². The zero-order valence-electron chi connectivity index (χ0n) is 18.3. The number of rotatable bonds is 4. The number of aliphatic hydroxyl groups is 3. The van der Waals surface area contributed by atoms with Crippen molar-refractivity contribution in [2.24, 2.45) is 46.3 Å². The average Bonchev–Trinajstić information content (AvgIpc) is 3.01. The fraction of sp³-hybridized carbons (Fsp3) is 0.958. The molecule has 0 aromatic carbocycles. The largest absolute Gasteiger partial charge is 0.481 e. The summed E-state index contributed by atoms with van der Waals surface area (Å²) in [6.07, 6.45) is 6.00.